The molecule has 2 heterocycles. The Labute approximate surface area is 137 Å². The Morgan fingerprint density at radius 2 is 2.04 bits per heavy atom. The van der Waals surface area contributed by atoms with Crippen molar-refractivity contribution < 1.29 is 8.42 Å². The first-order valence-electron chi connectivity index (χ1n) is 8.03. The van der Waals surface area contributed by atoms with Gasteiger partial charge in [0.2, 0.25) is 10.0 Å². The van der Waals surface area contributed by atoms with Crippen LogP contribution in [0.1, 0.15) is 19.4 Å². The molecule has 1 N–H and O–H groups in total. The second kappa shape index (κ2) is 6.55. The molecule has 0 amide bonds. The van der Waals surface area contributed by atoms with Gasteiger partial charge in [-0.1, -0.05) is 38.1 Å². The Balaban J connectivity index is 1.78. The molecule has 0 spiro atoms. The van der Waals surface area contributed by atoms with E-state index in [0.717, 1.165) is 36.1 Å². The lowest BCUT2D eigenvalue weighted by molar-refractivity contribution is 0.344. The molecule has 1 aromatic heterocycles. The molecule has 1 fully saturated rings. The molecular weight excluding hydrogens is 310 g/mol. The average molecular weight is 333 g/mol. The number of pyridine rings is 1. The molecule has 0 saturated carbocycles. The van der Waals surface area contributed by atoms with Crippen molar-refractivity contribution in [3.8, 4) is 0 Å². The fourth-order valence-corrected chi connectivity index (χ4v) is 4.73. The lowest BCUT2D eigenvalue weighted by Gasteiger charge is -2.17. The summed E-state index contributed by atoms with van der Waals surface area (Å²) in [6, 6.07) is 9.46. The van der Waals surface area contributed by atoms with Crippen LogP contribution < -0.4 is 4.72 Å². The first-order chi connectivity index (χ1) is 11.0. The van der Waals surface area contributed by atoms with Crippen molar-refractivity contribution in [2.75, 3.05) is 19.6 Å². The number of hydrogen-bond donors (Lipinski definition) is 1. The van der Waals surface area contributed by atoms with Crippen LogP contribution in [0.25, 0.3) is 10.9 Å². The number of aromatic nitrogens is 1. The van der Waals surface area contributed by atoms with E-state index in [1.165, 1.54) is 0 Å². The number of para-hydroxylation sites is 1. The topological polar surface area (TPSA) is 62.3 Å². The highest BCUT2D eigenvalue weighted by atomic mass is 32.2. The minimum absolute atomic E-state index is 0.0112. The minimum Gasteiger partial charge on any atom is -0.302 e. The maximum absolute atomic E-state index is 12.6. The zero-order valence-electron chi connectivity index (χ0n) is 13.6. The fourth-order valence-electron chi connectivity index (χ4n) is 3.24. The van der Waals surface area contributed by atoms with Gasteiger partial charge in [0.15, 0.2) is 0 Å². The van der Waals surface area contributed by atoms with Crippen molar-refractivity contribution >= 4 is 20.9 Å². The van der Waals surface area contributed by atoms with Crippen LogP contribution in [0.3, 0.4) is 0 Å². The highest BCUT2D eigenvalue weighted by Gasteiger charge is 2.31. The van der Waals surface area contributed by atoms with Crippen LogP contribution in [0.15, 0.2) is 36.5 Å². The van der Waals surface area contributed by atoms with Crippen molar-refractivity contribution in [3.05, 3.63) is 42.1 Å². The molecule has 1 aliphatic rings. The van der Waals surface area contributed by atoms with Crippen LogP contribution in [-0.2, 0) is 15.8 Å². The van der Waals surface area contributed by atoms with Gasteiger partial charge in [-0.25, -0.2) is 13.1 Å². The van der Waals surface area contributed by atoms with Gasteiger partial charge in [0.1, 0.15) is 0 Å². The fraction of sp³-hybridized carbons (Fsp3) is 0.471. The largest absolute Gasteiger partial charge is 0.302 e. The summed E-state index contributed by atoms with van der Waals surface area (Å²) in [6.45, 7) is 6.88. The van der Waals surface area contributed by atoms with E-state index in [1.807, 2.05) is 30.3 Å². The average Bonchev–Trinajstić information content (AvgIpc) is 2.87. The Hall–Kier alpha value is -1.50. The SMILES string of the molecule is CCN1C[C@@H](C)[C@@H](NS(=O)(=O)Cc2cccc3cccnc23)C1. The lowest BCUT2D eigenvalue weighted by atomic mass is 10.1. The van der Waals surface area contributed by atoms with Gasteiger partial charge in [-0.05, 0) is 24.1 Å². The molecule has 23 heavy (non-hydrogen) atoms. The molecule has 2 atom stereocenters. The van der Waals surface area contributed by atoms with E-state index in [0.29, 0.717) is 5.92 Å². The zero-order valence-corrected chi connectivity index (χ0v) is 14.4. The third kappa shape index (κ3) is 3.71. The zero-order chi connectivity index (χ0) is 16.4. The van der Waals surface area contributed by atoms with Gasteiger partial charge in [0, 0.05) is 30.7 Å². The molecule has 3 rings (SSSR count). The lowest BCUT2D eigenvalue weighted by Crippen LogP contribution is -2.40. The molecule has 1 aliphatic heterocycles. The van der Waals surface area contributed by atoms with Crippen LogP contribution >= 0.6 is 0 Å². The van der Waals surface area contributed by atoms with E-state index >= 15 is 0 Å². The van der Waals surface area contributed by atoms with Gasteiger partial charge >= 0.3 is 0 Å². The standard InChI is InChI=1S/C17H23N3O2S/c1-3-20-10-13(2)16(11-20)19-23(21,22)12-15-7-4-6-14-8-5-9-18-17(14)15/h4-9,13,16,19H,3,10-12H2,1-2H3/t13-,16+/m1/s1. The number of hydrogen-bond acceptors (Lipinski definition) is 4. The van der Waals surface area contributed by atoms with E-state index in [-0.39, 0.29) is 11.8 Å². The summed E-state index contributed by atoms with van der Waals surface area (Å²) in [5.74, 6) is 0.298. The smallest absolute Gasteiger partial charge is 0.216 e. The number of benzene rings is 1. The predicted molar refractivity (Wildman–Crippen MR) is 92.6 cm³/mol. The molecule has 1 aromatic carbocycles. The maximum Gasteiger partial charge on any atom is 0.216 e. The summed E-state index contributed by atoms with van der Waals surface area (Å²) in [4.78, 5) is 6.61. The number of likely N-dealkylation sites (N-methyl/N-ethyl adjacent to an activating group) is 1. The van der Waals surface area contributed by atoms with Crippen molar-refractivity contribution in [2.45, 2.75) is 25.6 Å². The second-order valence-electron chi connectivity index (χ2n) is 6.31. The Morgan fingerprint density at radius 3 is 2.78 bits per heavy atom. The van der Waals surface area contributed by atoms with Gasteiger partial charge in [0.25, 0.3) is 0 Å². The summed E-state index contributed by atoms with van der Waals surface area (Å²) in [5.41, 5.74) is 1.50. The number of nitrogens with one attached hydrogen (secondary N) is 1. The molecule has 0 bridgehead atoms. The van der Waals surface area contributed by atoms with Gasteiger partial charge in [-0.3, -0.25) is 4.98 Å². The van der Waals surface area contributed by atoms with Crippen molar-refractivity contribution in [2.24, 2.45) is 5.92 Å². The summed E-state index contributed by atoms with van der Waals surface area (Å²) >= 11 is 0. The predicted octanol–water partition coefficient (Wildman–Crippen LogP) is 1.99. The summed E-state index contributed by atoms with van der Waals surface area (Å²) < 4.78 is 28.1. The van der Waals surface area contributed by atoms with E-state index < -0.39 is 10.0 Å². The normalized spacial score (nSPS) is 22.7. The number of nitrogens with zero attached hydrogens (tertiary/aromatic N) is 2. The van der Waals surface area contributed by atoms with Crippen LogP contribution in [-0.4, -0.2) is 44.0 Å². The van der Waals surface area contributed by atoms with Crippen molar-refractivity contribution in [1.82, 2.24) is 14.6 Å². The molecule has 0 aliphatic carbocycles. The number of rotatable bonds is 5. The molecule has 0 radical (unpaired) electrons. The molecular formula is C17H23N3O2S. The highest BCUT2D eigenvalue weighted by Crippen LogP contribution is 2.20. The molecule has 1 saturated heterocycles. The monoisotopic (exact) mass is 333 g/mol. The van der Waals surface area contributed by atoms with E-state index in [9.17, 15) is 8.42 Å². The van der Waals surface area contributed by atoms with E-state index in [1.54, 1.807) is 6.20 Å². The van der Waals surface area contributed by atoms with Crippen LogP contribution in [0.5, 0.6) is 0 Å². The third-order valence-corrected chi connectivity index (χ3v) is 5.88. The van der Waals surface area contributed by atoms with Gasteiger partial charge in [0.05, 0.1) is 11.3 Å². The van der Waals surface area contributed by atoms with Crippen molar-refractivity contribution in [1.29, 1.82) is 0 Å². The quantitative estimate of drug-likeness (QED) is 0.909. The molecule has 6 heteroatoms. The Bertz CT molecular complexity index is 786. The van der Waals surface area contributed by atoms with Crippen LogP contribution in [0.2, 0.25) is 0 Å². The number of fused-ring (bicyclic) bond motifs is 1. The summed E-state index contributed by atoms with van der Waals surface area (Å²) in [5, 5.41) is 0.964. The van der Waals surface area contributed by atoms with Gasteiger partial charge < -0.3 is 4.90 Å². The van der Waals surface area contributed by atoms with Crippen molar-refractivity contribution in [3.63, 3.8) is 0 Å². The molecule has 5 nitrogen and oxygen atoms in total. The number of likely N-dealkylation sites (tertiary alicyclic amines) is 1. The molecule has 0 unspecified atom stereocenters. The molecule has 124 valence electrons. The summed E-state index contributed by atoms with van der Waals surface area (Å²) in [6.07, 6.45) is 1.70. The Morgan fingerprint density at radius 1 is 1.26 bits per heavy atom. The Kier molecular flexibility index (Phi) is 4.66. The minimum atomic E-state index is -3.39. The van der Waals surface area contributed by atoms with Gasteiger partial charge in [-0.15, -0.1) is 0 Å². The number of sulfonamides is 1. The first kappa shape index (κ1) is 16.4. The highest BCUT2D eigenvalue weighted by molar-refractivity contribution is 7.88. The maximum atomic E-state index is 12.6. The van der Waals surface area contributed by atoms with Gasteiger partial charge in [-0.2, -0.15) is 0 Å². The van der Waals surface area contributed by atoms with Crippen LogP contribution in [0.4, 0.5) is 0 Å². The molecule has 2 aromatic rings. The third-order valence-electron chi connectivity index (χ3n) is 4.53. The first-order valence-corrected chi connectivity index (χ1v) is 9.68. The van der Waals surface area contributed by atoms with E-state index in [2.05, 4.69) is 28.5 Å². The van der Waals surface area contributed by atoms with E-state index in [4.69, 9.17) is 0 Å². The second-order valence-corrected chi connectivity index (χ2v) is 8.06. The van der Waals surface area contributed by atoms with Crippen LogP contribution in [0, 0.1) is 5.92 Å². The summed E-state index contributed by atoms with van der Waals surface area (Å²) in [7, 11) is -3.39.